The normalized spacial score (nSPS) is 13.4. The molecule has 0 amide bonds. The minimum absolute atomic E-state index is 0.481. The second-order valence-electron chi connectivity index (χ2n) is 14.6. The SMILES string of the molecule is CCCCCC=CCC=CCCCCCCCCC(CCCCCCCCC=CCC=CCCCCC)OCCC[N+](C)(C)C. The van der Waals surface area contributed by atoms with Crippen LogP contribution in [0.4, 0.5) is 0 Å². The lowest BCUT2D eigenvalue weighted by Gasteiger charge is -2.24. The maximum absolute atomic E-state index is 6.45. The van der Waals surface area contributed by atoms with E-state index in [1.165, 1.54) is 167 Å². The van der Waals surface area contributed by atoms with E-state index in [4.69, 9.17) is 4.74 Å². The van der Waals surface area contributed by atoms with Gasteiger partial charge in [-0.3, -0.25) is 0 Å². The van der Waals surface area contributed by atoms with E-state index in [1.807, 2.05) is 0 Å². The summed E-state index contributed by atoms with van der Waals surface area (Å²) < 4.78 is 7.48. The molecule has 264 valence electrons. The smallest absolute Gasteiger partial charge is 0.0802 e. The standard InChI is InChI=1S/C43H82NO/c1-6-8-10-12-14-16-18-20-22-24-26-28-30-32-34-36-39-43(45-42-38-41-44(3,4)5)40-37-35-33-31-29-27-25-23-21-19-17-15-13-11-9-7-2/h14-17,20-23,43H,6-13,18-19,24-42H2,1-5H3/q+1. The topological polar surface area (TPSA) is 9.23 Å². The van der Waals surface area contributed by atoms with E-state index >= 15 is 0 Å². The van der Waals surface area contributed by atoms with Crippen LogP contribution in [0.1, 0.15) is 187 Å². The second-order valence-corrected chi connectivity index (χ2v) is 14.6. The summed E-state index contributed by atoms with van der Waals surface area (Å²) in [7, 11) is 6.85. The van der Waals surface area contributed by atoms with Crippen molar-refractivity contribution >= 4 is 0 Å². The molecule has 0 bridgehead atoms. The molecule has 0 rings (SSSR count). The average molecular weight is 629 g/mol. The van der Waals surface area contributed by atoms with Gasteiger partial charge in [0.2, 0.25) is 0 Å². The molecule has 2 nitrogen and oxygen atoms in total. The van der Waals surface area contributed by atoms with Crippen molar-refractivity contribution in [1.82, 2.24) is 0 Å². The molecule has 0 aliphatic carbocycles. The fourth-order valence-electron chi connectivity index (χ4n) is 5.82. The molecule has 0 aromatic carbocycles. The van der Waals surface area contributed by atoms with Gasteiger partial charge >= 0.3 is 0 Å². The van der Waals surface area contributed by atoms with Crippen LogP contribution in [0.5, 0.6) is 0 Å². The highest BCUT2D eigenvalue weighted by Gasteiger charge is 2.11. The first-order valence-corrected chi connectivity index (χ1v) is 20.0. The lowest BCUT2D eigenvalue weighted by Crippen LogP contribution is -2.36. The molecule has 0 heterocycles. The van der Waals surface area contributed by atoms with Gasteiger partial charge in [0.15, 0.2) is 0 Å². The van der Waals surface area contributed by atoms with Gasteiger partial charge in [-0.1, -0.05) is 152 Å². The second kappa shape index (κ2) is 35.7. The molecule has 0 aliphatic heterocycles. The van der Waals surface area contributed by atoms with E-state index in [1.54, 1.807) is 0 Å². The Morgan fingerprint density at radius 2 is 0.778 bits per heavy atom. The summed E-state index contributed by atoms with van der Waals surface area (Å²) in [5.41, 5.74) is 0. The number of ether oxygens (including phenoxy) is 1. The van der Waals surface area contributed by atoms with Crippen LogP contribution < -0.4 is 0 Å². The molecular formula is C43H82NO+. The van der Waals surface area contributed by atoms with Crippen LogP contribution in [-0.2, 0) is 4.74 Å². The van der Waals surface area contributed by atoms with Gasteiger partial charge in [0, 0.05) is 6.42 Å². The summed E-state index contributed by atoms with van der Waals surface area (Å²) in [5.74, 6) is 0. The largest absolute Gasteiger partial charge is 0.378 e. The van der Waals surface area contributed by atoms with E-state index in [-0.39, 0.29) is 0 Å². The maximum Gasteiger partial charge on any atom is 0.0802 e. The van der Waals surface area contributed by atoms with E-state index in [0.29, 0.717) is 6.10 Å². The number of nitrogens with zero attached hydrogens (tertiary/aromatic N) is 1. The number of rotatable bonds is 35. The maximum atomic E-state index is 6.45. The Labute approximate surface area is 284 Å². The third-order valence-electron chi connectivity index (χ3n) is 8.78. The fraction of sp³-hybridized carbons (Fsp3) is 0.814. The Balaban J connectivity index is 3.91. The molecule has 0 atom stereocenters. The van der Waals surface area contributed by atoms with Crippen LogP contribution in [0.3, 0.4) is 0 Å². The molecule has 0 aromatic heterocycles. The van der Waals surface area contributed by atoms with Gasteiger partial charge in [-0.25, -0.2) is 0 Å². The van der Waals surface area contributed by atoms with Gasteiger partial charge < -0.3 is 9.22 Å². The molecule has 0 fully saturated rings. The third-order valence-corrected chi connectivity index (χ3v) is 8.78. The molecule has 0 saturated carbocycles. The van der Waals surface area contributed by atoms with Gasteiger partial charge in [-0.05, 0) is 77.0 Å². The Morgan fingerprint density at radius 1 is 0.422 bits per heavy atom. The summed E-state index contributed by atoms with van der Waals surface area (Å²) in [5, 5.41) is 0. The van der Waals surface area contributed by atoms with Crippen molar-refractivity contribution in [2.75, 3.05) is 34.3 Å². The first kappa shape index (κ1) is 43.9. The monoisotopic (exact) mass is 629 g/mol. The number of hydrogen-bond acceptors (Lipinski definition) is 1. The predicted molar refractivity (Wildman–Crippen MR) is 205 cm³/mol. The summed E-state index contributed by atoms with van der Waals surface area (Å²) in [6, 6.07) is 0. The predicted octanol–water partition coefficient (Wildman–Crippen LogP) is 13.9. The first-order valence-electron chi connectivity index (χ1n) is 20.0. The number of hydrogen-bond donors (Lipinski definition) is 0. The zero-order valence-corrected chi connectivity index (χ0v) is 31.6. The molecule has 0 aromatic rings. The van der Waals surface area contributed by atoms with Gasteiger partial charge in [-0.2, -0.15) is 0 Å². The van der Waals surface area contributed by atoms with Crippen molar-refractivity contribution in [3.8, 4) is 0 Å². The van der Waals surface area contributed by atoms with Gasteiger partial charge in [-0.15, -0.1) is 0 Å². The highest BCUT2D eigenvalue weighted by atomic mass is 16.5. The highest BCUT2D eigenvalue weighted by Crippen LogP contribution is 2.18. The summed E-state index contributed by atoms with van der Waals surface area (Å²) in [4.78, 5) is 0. The molecule has 0 N–H and O–H groups in total. The first-order chi connectivity index (χ1) is 22.0. The quantitative estimate of drug-likeness (QED) is 0.0385. The third kappa shape index (κ3) is 39.0. The van der Waals surface area contributed by atoms with Crippen LogP contribution in [0, 0.1) is 0 Å². The van der Waals surface area contributed by atoms with Crippen molar-refractivity contribution in [3.63, 3.8) is 0 Å². The van der Waals surface area contributed by atoms with E-state index in [9.17, 15) is 0 Å². The number of allylic oxidation sites excluding steroid dienone is 8. The summed E-state index contributed by atoms with van der Waals surface area (Å²) >= 11 is 0. The molecule has 0 aliphatic rings. The Hall–Kier alpha value is -1.12. The van der Waals surface area contributed by atoms with Gasteiger partial charge in [0.25, 0.3) is 0 Å². The van der Waals surface area contributed by atoms with Gasteiger partial charge in [0.05, 0.1) is 40.4 Å². The average Bonchev–Trinajstić information content (AvgIpc) is 3.01. The number of quaternary nitrogens is 1. The fourth-order valence-corrected chi connectivity index (χ4v) is 5.82. The van der Waals surface area contributed by atoms with E-state index in [0.717, 1.165) is 23.9 Å². The van der Waals surface area contributed by atoms with Crippen LogP contribution >= 0.6 is 0 Å². The van der Waals surface area contributed by atoms with Crippen molar-refractivity contribution in [1.29, 1.82) is 0 Å². The minimum Gasteiger partial charge on any atom is -0.378 e. The van der Waals surface area contributed by atoms with Crippen LogP contribution in [0.2, 0.25) is 0 Å². The zero-order valence-electron chi connectivity index (χ0n) is 31.6. The highest BCUT2D eigenvalue weighted by molar-refractivity contribution is 4.93. The Kier molecular flexibility index (Phi) is 34.8. The zero-order chi connectivity index (χ0) is 32.9. The lowest BCUT2D eigenvalue weighted by molar-refractivity contribution is -0.870. The lowest BCUT2D eigenvalue weighted by atomic mass is 10.0. The Bertz CT molecular complexity index is 634. The van der Waals surface area contributed by atoms with Crippen molar-refractivity contribution in [3.05, 3.63) is 48.6 Å². The Morgan fingerprint density at radius 3 is 1.16 bits per heavy atom. The molecule has 0 saturated heterocycles. The molecule has 0 spiro atoms. The molecular weight excluding hydrogens is 546 g/mol. The van der Waals surface area contributed by atoms with Crippen LogP contribution in [-0.4, -0.2) is 44.9 Å². The summed E-state index contributed by atoms with van der Waals surface area (Å²) in [6.45, 7) is 6.68. The molecule has 45 heavy (non-hydrogen) atoms. The summed E-state index contributed by atoms with van der Waals surface area (Å²) in [6.07, 6.45) is 54.8. The number of unbranched alkanes of at least 4 members (excludes halogenated alkanes) is 18. The van der Waals surface area contributed by atoms with Gasteiger partial charge in [0.1, 0.15) is 0 Å². The van der Waals surface area contributed by atoms with Crippen LogP contribution in [0.15, 0.2) is 48.6 Å². The van der Waals surface area contributed by atoms with Crippen LogP contribution in [0.25, 0.3) is 0 Å². The van der Waals surface area contributed by atoms with Crippen molar-refractivity contribution in [2.24, 2.45) is 0 Å². The van der Waals surface area contributed by atoms with E-state index in [2.05, 4.69) is 83.6 Å². The van der Waals surface area contributed by atoms with Crippen molar-refractivity contribution < 1.29 is 9.22 Å². The van der Waals surface area contributed by atoms with E-state index < -0.39 is 0 Å². The van der Waals surface area contributed by atoms with Crippen molar-refractivity contribution in [2.45, 2.75) is 193 Å². The molecule has 0 radical (unpaired) electrons. The minimum atomic E-state index is 0.481. The molecule has 2 heteroatoms. The molecule has 0 unspecified atom stereocenters.